The molecule has 2 rings (SSSR count). The van der Waals surface area contributed by atoms with Crippen molar-refractivity contribution >= 4 is 40.5 Å². The molecule has 0 spiro atoms. The third kappa shape index (κ3) is 5.90. The van der Waals surface area contributed by atoms with Crippen molar-refractivity contribution in [3.63, 3.8) is 0 Å². The van der Waals surface area contributed by atoms with E-state index in [1.165, 1.54) is 25.3 Å². The summed E-state index contributed by atoms with van der Waals surface area (Å²) >= 11 is 6.03. The van der Waals surface area contributed by atoms with Gasteiger partial charge >= 0.3 is 0 Å². The van der Waals surface area contributed by atoms with E-state index in [1.807, 2.05) is 0 Å². The first-order chi connectivity index (χ1) is 13.7. The monoisotopic (exact) mass is 421 g/mol. The van der Waals surface area contributed by atoms with Gasteiger partial charge in [0.2, 0.25) is 0 Å². The molecule has 0 heterocycles. The molecule has 0 aliphatic rings. The molecule has 0 saturated carbocycles. The average molecular weight is 422 g/mol. The van der Waals surface area contributed by atoms with Gasteiger partial charge in [0.05, 0.1) is 35.5 Å². The van der Waals surface area contributed by atoms with Crippen molar-refractivity contribution < 1.29 is 24.1 Å². The second-order valence-corrected chi connectivity index (χ2v) is 6.81. The van der Waals surface area contributed by atoms with Crippen molar-refractivity contribution in [2.24, 2.45) is 0 Å². The lowest BCUT2D eigenvalue weighted by atomic mass is 10.2. The first-order valence-corrected chi connectivity index (χ1v) is 9.10. The standard InChI is InChI=1S/C19H21ClN4O5/c1-12(23(2)11-18(25)21-15-7-5-4-6-14(15)20)19(26)22-16-10-13(24(27)28)8-9-17(16)29-3/h4-10,12H,11H2,1-3H3,(H,21,25)(H,22,26)/p+1/t12-/m0/s1. The number of quaternary nitrogens is 1. The maximum absolute atomic E-state index is 12.6. The van der Waals surface area contributed by atoms with Gasteiger partial charge in [-0.05, 0) is 25.1 Å². The second kappa shape index (κ2) is 9.85. The Bertz CT molecular complexity index is 921. The van der Waals surface area contributed by atoms with E-state index in [2.05, 4.69) is 10.6 Å². The number of carbonyl (C=O) groups is 2. The Labute approximate surface area is 172 Å². The molecule has 10 heteroatoms. The Balaban J connectivity index is 2.02. The summed E-state index contributed by atoms with van der Waals surface area (Å²) in [6.07, 6.45) is 0. The van der Waals surface area contributed by atoms with Crippen molar-refractivity contribution in [1.29, 1.82) is 0 Å². The molecule has 29 heavy (non-hydrogen) atoms. The number of amides is 2. The molecule has 0 radical (unpaired) electrons. The zero-order valence-electron chi connectivity index (χ0n) is 16.2. The summed E-state index contributed by atoms with van der Waals surface area (Å²) in [4.78, 5) is 35.9. The number of methoxy groups -OCH3 is 1. The molecule has 0 fully saturated rings. The van der Waals surface area contributed by atoms with Gasteiger partial charge in [-0.25, -0.2) is 0 Å². The van der Waals surface area contributed by atoms with E-state index in [9.17, 15) is 19.7 Å². The fourth-order valence-electron chi connectivity index (χ4n) is 2.54. The molecule has 3 N–H and O–H groups in total. The van der Waals surface area contributed by atoms with Crippen LogP contribution < -0.4 is 20.3 Å². The van der Waals surface area contributed by atoms with E-state index in [-0.39, 0.29) is 23.8 Å². The van der Waals surface area contributed by atoms with Gasteiger partial charge in [0, 0.05) is 12.1 Å². The Hall–Kier alpha value is -3.17. The molecule has 0 bridgehead atoms. The maximum Gasteiger partial charge on any atom is 0.282 e. The number of anilines is 2. The van der Waals surface area contributed by atoms with Gasteiger partial charge in [0.15, 0.2) is 12.6 Å². The van der Waals surface area contributed by atoms with Gasteiger partial charge < -0.3 is 20.3 Å². The number of nitrogens with zero attached hydrogens (tertiary/aromatic N) is 1. The normalized spacial score (nSPS) is 12.6. The van der Waals surface area contributed by atoms with Gasteiger partial charge in [-0.15, -0.1) is 0 Å². The number of carbonyl (C=O) groups excluding carboxylic acids is 2. The number of rotatable bonds is 8. The van der Waals surface area contributed by atoms with Crippen LogP contribution in [0.25, 0.3) is 0 Å². The number of halogens is 1. The molecule has 154 valence electrons. The number of nitrogens with one attached hydrogen (secondary N) is 3. The number of ether oxygens (including phenoxy) is 1. The molecule has 9 nitrogen and oxygen atoms in total. The van der Waals surface area contributed by atoms with Crippen LogP contribution in [0, 0.1) is 10.1 Å². The quantitative estimate of drug-likeness (QED) is 0.443. The lowest BCUT2D eigenvalue weighted by molar-refractivity contribution is -0.885. The SMILES string of the molecule is COc1ccc([N+](=O)[O-])cc1NC(=O)[C@H](C)[NH+](C)CC(=O)Nc1ccccc1Cl. The molecule has 2 amide bonds. The predicted molar refractivity (Wildman–Crippen MR) is 110 cm³/mol. The summed E-state index contributed by atoms with van der Waals surface area (Å²) in [6, 6.07) is 10.2. The average Bonchev–Trinajstić information content (AvgIpc) is 2.68. The number of hydrogen-bond acceptors (Lipinski definition) is 5. The molecular formula is C19H22ClN4O5+. The second-order valence-electron chi connectivity index (χ2n) is 6.40. The van der Waals surface area contributed by atoms with Gasteiger partial charge in [0.1, 0.15) is 5.75 Å². The summed E-state index contributed by atoms with van der Waals surface area (Å²) in [5.41, 5.74) is 0.505. The van der Waals surface area contributed by atoms with Gasteiger partial charge in [-0.2, -0.15) is 0 Å². The number of likely N-dealkylation sites (N-methyl/N-ethyl adjacent to an activating group) is 1. The third-order valence-corrected chi connectivity index (χ3v) is 4.70. The van der Waals surface area contributed by atoms with Crippen LogP contribution in [-0.4, -0.2) is 43.5 Å². The molecule has 0 aliphatic carbocycles. The smallest absolute Gasteiger partial charge is 0.282 e. The Morgan fingerprint density at radius 2 is 1.90 bits per heavy atom. The van der Waals surface area contributed by atoms with Crippen LogP contribution in [0.3, 0.4) is 0 Å². The minimum atomic E-state index is -0.615. The molecule has 2 aromatic rings. The highest BCUT2D eigenvalue weighted by Gasteiger charge is 2.25. The predicted octanol–water partition coefficient (Wildman–Crippen LogP) is 1.74. The summed E-state index contributed by atoms with van der Waals surface area (Å²) in [6.45, 7) is 1.67. The van der Waals surface area contributed by atoms with Crippen molar-refractivity contribution in [2.75, 3.05) is 31.3 Å². The Morgan fingerprint density at radius 1 is 1.21 bits per heavy atom. The lowest BCUT2D eigenvalue weighted by Crippen LogP contribution is -3.14. The number of nitro groups is 1. The Kier molecular flexibility index (Phi) is 7.52. The van der Waals surface area contributed by atoms with Crippen LogP contribution >= 0.6 is 11.6 Å². The number of para-hydroxylation sites is 1. The molecule has 1 unspecified atom stereocenters. The zero-order chi connectivity index (χ0) is 21.6. The minimum absolute atomic E-state index is 0.0197. The van der Waals surface area contributed by atoms with E-state index < -0.39 is 16.9 Å². The van der Waals surface area contributed by atoms with E-state index in [1.54, 1.807) is 38.2 Å². The number of nitro benzene ring substituents is 1. The molecule has 0 aliphatic heterocycles. The van der Waals surface area contributed by atoms with Gasteiger partial charge in [-0.3, -0.25) is 19.7 Å². The first kappa shape index (κ1) is 22.1. The van der Waals surface area contributed by atoms with Crippen LogP contribution in [-0.2, 0) is 9.59 Å². The highest BCUT2D eigenvalue weighted by atomic mass is 35.5. The van der Waals surface area contributed by atoms with E-state index in [0.29, 0.717) is 21.4 Å². The van der Waals surface area contributed by atoms with E-state index in [0.717, 1.165) is 0 Å². The van der Waals surface area contributed by atoms with Crippen molar-refractivity contribution in [3.8, 4) is 5.75 Å². The maximum atomic E-state index is 12.6. The highest BCUT2D eigenvalue weighted by molar-refractivity contribution is 6.33. The van der Waals surface area contributed by atoms with Crippen LogP contribution in [0.4, 0.5) is 17.1 Å². The van der Waals surface area contributed by atoms with E-state index in [4.69, 9.17) is 16.3 Å². The van der Waals surface area contributed by atoms with Crippen molar-refractivity contribution in [3.05, 3.63) is 57.6 Å². The zero-order valence-corrected chi connectivity index (χ0v) is 16.9. The fraction of sp³-hybridized carbons (Fsp3) is 0.263. The fourth-order valence-corrected chi connectivity index (χ4v) is 2.72. The topological polar surface area (TPSA) is 115 Å². The summed E-state index contributed by atoms with van der Waals surface area (Å²) in [5.74, 6) is -0.416. The van der Waals surface area contributed by atoms with Crippen molar-refractivity contribution in [1.82, 2.24) is 0 Å². The van der Waals surface area contributed by atoms with Gasteiger partial charge in [-0.1, -0.05) is 23.7 Å². The van der Waals surface area contributed by atoms with E-state index >= 15 is 0 Å². The van der Waals surface area contributed by atoms with Crippen molar-refractivity contribution in [2.45, 2.75) is 13.0 Å². The number of non-ortho nitro benzene ring substituents is 1. The molecule has 0 saturated heterocycles. The summed E-state index contributed by atoms with van der Waals surface area (Å²) < 4.78 is 5.14. The molecule has 2 aromatic carbocycles. The lowest BCUT2D eigenvalue weighted by Gasteiger charge is -2.21. The first-order valence-electron chi connectivity index (χ1n) is 8.73. The van der Waals surface area contributed by atoms with Gasteiger partial charge in [0.25, 0.3) is 17.5 Å². The number of hydrogen-bond donors (Lipinski definition) is 3. The van der Waals surface area contributed by atoms with Crippen LogP contribution in [0.15, 0.2) is 42.5 Å². The molecule has 0 aromatic heterocycles. The largest absolute Gasteiger partial charge is 0.495 e. The summed E-state index contributed by atoms with van der Waals surface area (Å²) in [5, 5.41) is 16.7. The van der Waals surface area contributed by atoms with Crippen LogP contribution in [0.5, 0.6) is 5.75 Å². The third-order valence-electron chi connectivity index (χ3n) is 4.37. The highest BCUT2D eigenvalue weighted by Crippen LogP contribution is 2.28. The summed E-state index contributed by atoms with van der Waals surface area (Å²) in [7, 11) is 3.10. The van der Waals surface area contributed by atoms with Crippen LogP contribution in [0.2, 0.25) is 5.02 Å². The van der Waals surface area contributed by atoms with Crippen LogP contribution in [0.1, 0.15) is 6.92 Å². The number of benzene rings is 2. The minimum Gasteiger partial charge on any atom is -0.495 e. The molecule has 2 atom stereocenters. The Morgan fingerprint density at radius 3 is 2.52 bits per heavy atom. The molecular weight excluding hydrogens is 400 g/mol.